The Bertz CT molecular complexity index is 347. The number of hydrogen-bond donors (Lipinski definition) is 1. The summed E-state index contributed by atoms with van der Waals surface area (Å²) in [5.41, 5.74) is 2.78. The second kappa shape index (κ2) is 7.55. The highest BCUT2D eigenvalue weighted by Gasteiger charge is 2.13. The van der Waals surface area contributed by atoms with Crippen LogP contribution >= 0.6 is 0 Å². The standard InChI is InChI=1S/C16H28N2/c1-13(2)10-11-18(5)12-16(17-4)15-9-7-6-8-14(15)3/h6-9,13,16-17H,10-12H2,1-5H3. The van der Waals surface area contributed by atoms with E-state index in [1.165, 1.54) is 24.1 Å². The first-order chi connectivity index (χ1) is 8.54. The predicted octanol–water partition coefficient (Wildman–Crippen LogP) is 3.23. The van der Waals surface area contributed by atoms with Crippen LogP contribution in [0, 0.1) is 12.8 Å². The number of hydrogen-bond acceptors (Lipinski definition) is 2. The molecular formula is C16H28N2. The van der Waals surface area contributed by atoms with Crippen LogP contribution in [-0.4, -0.2) is 32.1 Å². The summed E-state index contributed by atoms with van der Waals surface area (Å²) in [6, 6.07) is 9.07. The van der Waals surface area contributed by atoms with Gasteiger partial charge in [-0.15, -0.1) is 0 Å². The van der Waals surface area contributed by atoms with Gasteiger partial charge in [-0.3, -0.25) is 0 Å². The van der Waals surface area contributed by atoms with Gasteiger partial charge < -0.3 is 10.2 Å². The average Bonchev–Trinajstić information content (AvgIpc) is 2.34. The van der Waals surface area contributed by atoms with Crippen molar-refractivity contribution in [3.05, 3.63) is 35.4 Å². The third-order valence-corrected chi connectivity index (χ3v) is 3.49. The molecule has 0 amide bonds. The van der Waals surface area contributed by atoms with Crippen LogP contribution in [0.4, 0.5) is 0 Å². The Morgan fingerprint density at radius 3 is 2.44 bits per heavy atom. The molecule has 0 fully saturated rings. The van der Waals surface area contributed by atoms with Crippen LogP contribution in [-0.2, 0) is 0 Å². The highest BCUT2D eigenvalue weighted by atomic mass is 15.1. The van der Waals surface area contributed by atoms with E-state index in [0.29, 0.717) is 6.04 Å². The third kappa shape index (κ3) is 4.79. The molecule has 0 aliphatic carbocycles. The van der Waals surface area contributed by atoms with Crippen molar-refractivity contribution in [3.8, 4) is 0 Å². The summed E-state index contributed by atoms with van der Waals surface area (Å²) < 4.78 is 0. The molecule has 0 saturated heterocycles. The van der Waals surface area contributed by atoms with Crippen LogP contribution < -0.4 is 5.32 Å². The molecular weight excluding hydrogens is 220 g/mol. The van der Waals surface area contributed by atoms with E-state index >= 15 is 0 Å². The molecule has 1 aromatic rings. The molecule has 2 nitrogen and oxygen atoms in total. The number of aryl methyl sites for hydroxylation is 1. The molecule has 0 radical (unpaired) electrons. The number of likely N-dealkylation sites (N-methyl/N-ethyl adjacent to an activating group) is 2. The number of nitrogens with one attached hydrogen (secondary N) is 1. The highest BCUT2D eigenvalue weighted by molar-refractivity contribution is 5.28. The minimum atomic E-state index is 0.420. The quantitative estimate of drug-likeness (QED) is 0.797. The number of rotatable bonds is 7. The predicted molar refractivity (Wildman–Crippen MR) is 79.9 cm³/mol. The van der Waals surface area contributed by atoms with Gasteiger partial charge in [0.25, 0.3) is 0 Å². The SMILES string of the molecule is CNC(CN(C)CCC(C)C)c1ccccc1C. The Labute approximate surface area is 112 Å². The van der Waals surface area contributed by atoms with Crippen molar-refractivity contribution in [1.29, 1.82) is 0 Å². The molecule has 0 bridgehead atoms. The van der Waals surface area contributed by atoms with Gasteiger partial charge in [0, 0.05) is 12.6 Å². The topological polar surface area (TPSA) is 15.3 Å². The van der Waals surface area contributed by atoms with Crippen LogP contribution in [0.1, 0.15) is 37.4 Å². The molecule has 0 aromatic heterocycles. The summed E-state index contributed by atoms with van der Waals surface area (Å²) in [4.78, 5) is 2.42. The first-order valence-corrected chi connectivity index (χ1v) is 6.96. The summed E-state index contributed by atoms with van der Waals surface area (Å²) in [5.74, 6) is 0.777. The second-order valence-corrected chi connectivity index (χ2v) is 5.64. The summed E-state index contributed by atoms with van der Waals surface area (Å²) >= 11 is 0. The molecule has 1 aromatic carbocycles. The fourth-order valence-electron chi connectivity index (χ4n) is 2.20. The number of benzene rings is 1. The smallest absolute Gasteiger partial charge is 0.0449 e. The lowest BCUT2D eigenvalue weighted by atomic mass is 10.0. The monoisotopic (exact) mass is 248 g/mol. The molecule has 0 spiro atoms. The van der Waals surface area contributed by atoms with Crippen LogP contribution in [0.3, 0.4) is 0 Å². The maximum absolute atomic E-state index is 3.44. The maximum atomic E-state index is 3.44. The molecule has 1 N–H and O–H groups in total. The van der Waals surface area contributed by atoms with E-state index < -0.39 is 0 Å². The second-order valence-electron chi connectivity index (χ2n) is 5.64. The highest BCUT2D eigenvalue weighted by Crippen LogP contribution is 2.18. The maximum Gasteiger partial charge on any atom is 0.0449 e. The van der Waals surface area contributed by atoms with E-state index in [1.54, 1.807) is 0 Å². The largest absolute Gasteiger partial charge is 0.312 e. The van der Waals surface area contributed by atoms with Crippen LogP contribution in [0.5, 0.6) is 0 Å². The lowest BCUT2D eigenvalue weighted by molar-refractivity contribution is 0.279. The fourth-order valence-corrected chi connectivity index (χ4v) is 2.20. The van der Waals surface area contributed by atoms with E-state index in [9.17, 15) is 0 Å². The lowest BCUT2D eigenvalue weighted by Crippen LogP contribution is -2.32. The van der Waals surface area contributed by atoms with Crippen molar-refractivity contribution in [2.24, 2.45) is 5.92 Å². The minimum Gasteiger partial charge on any atom is -0.312 e. The Hall–Kier alpha value is -0.860. The summed E-state index contributed by atoms with van der Waals surface area (Å²) in [7, 11) is 4.26. The van der Waals surface area contributed by atoms with E-state index in [2.05, 4.69) is 62.3 Å². The van der Waals surface area contributed by atoms with Crippen molar-refractivity contribution in [2.75, 3.05) is 27.2 Å². The van der Waals surface area contributed by atoms with Crippen molar-refractivity contribution in [2.45, 2.75) is 33.2 Å². The first kappa shape index (κ1) is 15.2. The lowest BCUT2D eigenvalue weighted by Gasteiger charge is -2.25. The van der Waals surface area contributed by atoms with Crippen molar-refractivity contribution < 1.29 is 0 Å². The minimum absolute atomic E-state index is 0.420. The van der Waals surface area contributed by atoms with Gasteiger partial charge in [-0.05, 0) is 51.0 Å². The zero-order valence-corrected chi connectivity index (χ0v) is 12.5. The Balaban J connectivity index is 2.59. The molecule has 0 saturated carbocycles. The van der Waals surface area contributed by atoms with Crippen molar-refractivity contribution in [1.82, 2.24) is 10.2 Å². The first-order valence-electron chi connectivity index (χ1n) is 6.96. The van der Waals surface area contributed by atoms with Crippen molar-refractivity contribution in [3.63, 3.8) is 0 Å². The molecule has 2 heteroatoms. The molecule has 0 aliphatic heterocycles. The normalized spacial score (nSPS) is 13.3. The summed E-state index contributed by atoms with van der Waals surface area (Å²) in [6.07, 6.45) is 1.26. The molecule has 1 rings (SSSR count). The molecule has 1 atom stereocenters. The number of nitrogens with zero attached hydrogens (tertiary/aromatic N) is 1. The molecule has 0 aliphatic rings. The van der Waals surface area contributed by atoms with Gasteiger partial charge >= 0.3 is 0 Å². The zero-order valence-electron chi connectivity index (χ0n) is 12.5. The van der Waals surface area contributed by atoms with Gasteiger partial charge in [-0.25, -0.2) is 0 Å². The van der Waals surface area contributed by atoms with Crippen LogP contribution in [0.25, 0.3) is 0 Å². The van der Waals surface area contributed by atoms with E-state index in [0.717, 1.165) is 12.5 Å². The summed E-state index contributed by atoms with van der Waals surface area (Å²) in [5, 5.41) is 3.44. The Morgan fingerprint density at radius 2 is 1.89 bits per heavy atom. The van der Waals surface area contributed by atoms with Gasteiger partial charge in [-0.1, -0.05) is 38.1 Å². The van der Waals surface area contributed by atoms with Gasteiger partial charge in [0.2, 0.25) is 0 Å². The van der Waals surface area contributed by atoms with Crippen molar-refractivity contribution >= 4 is 0 Å². The van der Waals surface area contributed by atoms with E-state index in [-0.39, 0.29) is 0 Å². The molecule has 0 heterocycles. The Kier molecular flexibility index (Phi) is 6.37. The fraction of sp³-hybridized carbons (Fsp3) is 0.625. The molecule has 18 heavy (non-hydrogen) atoms. The van der Waals surface area contributed by atoms with E-state index in [4.69, 9.17) is 0 Å². The average molecular weight is 248 g/mol. The van der Waals surface area contributed by atoms with Gasteiger partial charge in [0.1, 0.15) is 0 Å². The molecule has 102 valence electrons. The third-order valence-electron chi connectivity index (χ3n) is 3.49. The van der Waals surface area contributed by atoms with Gasteiger partial charge in [0.15, 0.2) is 0 Å². The van der Waals surface area contributed by atoms with Crippen LogP contribution in [0.15, 0.2) is 24.3 Å². The molecule has 1 unspecified atom stereocenters. The van der Waals surface area contributed by atoms with E-state index in [1.807, 2.05) is 7.05 Å². The summed E-state index contributed by atoms with van der Waals surface area (Å²) in [6.45, 7) is 8.99. The zero-order chi connectivity index (χ0) is 13.5. The van der Waals surface area contributed by atoms with Gasteiger partial charge in [-0.2, -0.15) is 0 Å². The van der Waals surface area contributed by atoms with Gasteiger partial charge in [0.05, 0.1) is 0 Å². The Morgan fingerprint density at radius 1 is 1.22 bits per heavy atom. The van der Waals surface area contributed by atoms with Crippen LogP contribution in [0.2, 0.25) is 0 Å².